The first kappa shape index (κ1) is 24.5. The lowest BCUT2D eigenvalue weighted by Gasteiger charge is -2.17. The summed E-state index contributed by atoms with van der Waals surface area (Å²) in [5, 5.41) is 13.6. The number of carbonyl (C=O) groups is 1. The molecule has 1 aliphatic rings. The van der Waals surface area contributed by atoms with E-state index in [-0.39, 0.29) is 11.2 Å². The number of aliphatic imine (C=N–C) groups is 1. The van der Waals surface area contributed by atoms with Crippen LogP contribution in [0.15, 0.2) is 52.5 Å². The number of thiophene rings is 1. The lowest BCUT2D eigenvalue weighted by molar-refractivity contribution is -0.115. The van der Waals surface area contributed by atoms with Crippen molar-refractivity contribution in [2.75, 3.05) is 5.32 Å². The highest BCUT2D eigenvalue weighted by molar-refractivity contribution is 8.00. The van der Waals surface area contributed by atoms with Crippen molar-refractivity contribution in [3.05, 3.63) is 69.3 Å². The van der Waals surface area contributed by atoms with Crippen LogP contribution in [-0.4, -0.2) is 22.4 Å². The Morgan fingerprint density at radius 3 is 3.00 bits per heavy atom. The number of nitrogens with one attached hydrogen (secondary N) is 1. The van der Waals surface area contributed by atoms with Gasteiger partial charge in [-0.2, -0.15) is 5.26 Å². The van der Waals surface area contributed by atoms with Gasteiger partial charge in [0.1, 0.15) is 16.2 Å². The van der Waals surface area contributed by atoms with Gasteiger partial charge < -0.3 is 5.32 Å². The third kappa shape index (κ3) is 5.52. The van der Waals surface area contributed by atoms with Crippen LogP contribution in [0.25, 0.3) is 0 Å². The molecule has 2 atom stereocenters. The van der Waals surface area contributed by atoms with Crippen molar-refractivity contribution in [1.29, 1.82) is 5.26 Å². The third-order valence-electron chi connectivity index (χ3n) is 5.79. The zero-order valence-corrected chi connectivity index (χ0v) is 21.4. The molecule has 0 saturated heterocycles. The van der Waals surface area contributed by atoms with Crippen LogP contribution in [0.1, 0.15) is 48.3 Å². The highest BCUT2D eigenvalue weighted by Crippen LogP contribution is 2.40. The molecule has 4 rings (SSSR count). The second kappa shape index (κ2) is 11.2. The van der Waals surface area contributed by atoms with Gasteiger partial charge in [-0.05, 0) is 61.4 Å². The molecular weight excluding hydrogens is 484 g/mol. The highest BCUT2D eigenvalue weighted by Gasteiger charge is 2.26. The second-order valence-electron chi connectivity index (χ2n) is 8.28. The average Bonchev–Trinajstić information content (AvgIpc) is 3.18. The first-order valence-electron chi connectivity index (χ1n) is 11.3. The maximum Gasteiger partial charge on any atom is 0.238 e. The molecule has 2 aromatic heterocycles. The summed E-state index contributed by atoms with van der Waals surface area (Å²) in [4.78, 5) is 24.0. The zero-order valence-electron chi connectivity index (χ0n) is 19.0. The van der Waals surface area contributed by atoms with Crippen LogP contribution in [0.3, 0.4) is 0 Å². The number of amides is 1. The number of aromatic nitrogens is 1. The fourth-order valence-electron chi connectivity index (χ4n) is 3.92. The highest BCUT2D eigenvalue weighted by atomic mass is 35.5. The molecule has 1 amide bonds. The van der Waals surface area contributed by atoms with Crippen molar-refractivity contribution >= 4 is 57.5 Å². The number of para-hydroxylation sites is 1. The molecule has 1 N–H and O–H groups in total. The number of rotatable bonds is 7. The summed E-state index contributed by atoms with van der Waals surface area (Å²) >= 11 is 9.18. The van der Waals surface area contributed by atoms with Crippen molar-refractivity contribution in [1.82, 2.24) is 4.98 Å². The summed E-state index contributed by atoms with van der Waals surface area (Å²) in [5.74, 6) is 0.517. The second-order valence-corrected chi connectivity index (χ2v) is 11.0. The van der Waals surface area contributed by atoms with Crippen LogP contribution in [0, 0.1) is 17.2 Å². The average molecular weight is 509 g/mol. The molecule has 5 nitrogen and oxygen atoms in total. The molecule has 0 aliphatic heterocycles. The van der Waals surface area contributed by atoms with E-state index in [9.17, 15) is 10.1 Å². The number of hydrogen-bond acceptors (Lipinski definition) is 6. The van der Waals surface area contributed by atoms with E-state index >= 15 is 0 Å². The van der Waals surface area contributed by atoms with Crippen molar-refractivity contribution in [3.8, 4) is 6.07 Å². The Labute approximate surface area is 213 Å². The van der Waals surface area contributed by atoms with Gasteiger partial charge in [0.15, 0.2) is 0 Å². The van der Waals surface area contributed by atoms with E-state index in [2.05, 4.69) is 28.3 Å². The number of hydrogen-bond donors (Lipinski definition) is 1. The van der Waals surface area contributed by atoms with Crippen LogP contribution in [0.2, 0.25) is 5.15 Å². The summed E-state index contributed by atoms with van der Waals surface area (Å²) in [5.41, 5.74) is 3.25. The number of fused-ring (bicyclic) bond motifs is 1. The normalized spacial score (nSPS) is 16.1. The Hall–Kier alpha value is -2.66. The Bertz CT molecular complexity index is 1260. The molecule has 1 aromatic carbocycles. The molecular formula is C26H25ClN4OS2. The lowest BCUT2D eigenvalue weighted by Crippen LogP contribution is -2.24. The molecule has 34 heavy (non-hydrogen) atoms. The quantitative estimate of drug-likeness (QED) is 0.210. The summed E-state index contributed by atoms with van der Waals surface area (Å²) < 4.78 is 0. The summed E-state index contributed by atoms with van der Waals surface area (Å²) in [6.07, 6.45) is 6.93. The van der Waals surface area contributed by atoms with Crippen LogP contribution in [-0.2, 0) is 17.6 Å². The Morgan fingerprint density at radius 2 is 2.24 bits per heavy atom. The van der Waals surface area contributed by atoms with Gasteiger partial charge in [-0.3, -0.25) is 9.79 Å². The number of anilines is 1. The first-order chi connectivity index (χ1) is 16.5. The maximum atomic E-state index is 13.2. The van der Waals surface area contributed by atoms with E-state index in [1.807, 2.05) is 43.3 Å². The number of nitrogens with zero attached hydrogens (tertiary/aromatic N) is 3. The monoisotopic (exact) mass is 508 g/mol. The van der Waals surface area contributed by atoms with E-state index in [1.54, 1.807) is 23.7 Å². The van der Waals surface area contributed by atoms with Gasteiger partial charge >= 0.3 is 0 Å². The van der Waals surface area contributed by atoms with Gasteiger partial charge in [0.05, 0.1) is 16.5 Å². The van der Waals surface area contributed by atoms with Gasteiger partial charge in [0, 0.05) is 27.7 Å². The molecule has 0 bridgehead atoms. The Kier molecular flexibility index (Phi) is 8.04. The van der Waals surface area contributed by atoms with Crippen molar-refractivity contribution in [3.63, 3.8) is 0 Å². The fourth-order valence-corrected chi connectivity index (χ4v) is 6.49. The van der Waals surface area contributed by atoms with Crippen molar-refractivity contribution in [2.24, 2.45) is 10.9 Å². The Morgan fingerprint density at radius 1 is 1.41 bits per heavy atom. The smallest absolute Gasteiger partial charge is 0.238 e. The molecule has 0 fully saturated rings. The minimum Gasteiger partial charge on any atom is -0.316 e. The lowest BCUT2D eigenvalue weighted by atomic mass is 9.88. The van der Waals surface area contributed by atoms with E-state index < -0.39 is 0 Å². The van der Waals surface area contributed by atoms with Crippen molar-refractivity contribution in [2.45, 2.75) is 49.7 Å². The van der Waals surface area contributed by atoms with Crippen molar-refractivity contribution < 1.29 is 4.79 Å². The van der Waals surface area contributed by atoms with Crippen LogP contribution in [0.5, 0.6) is 0 Å². The van der Waals surface area contributed by atoms with Gasteiger partial charge in [-0.25, -0.2) is 4.98 Å². The van der Waals surface area contributed by atoms with Gasteiger partial charge in [-0.1, -0.05) is 37.6 Å². The summed E-state index contributed by atoms with van der Waals surface area (Å²) in [7, 11) is 0. The molecule has 0 spiro atoms. The standard InChI is InChI=1S/C26H25ClN4OS2/c1-3-21(25(32)31-26-19(14-28)18-11-10-16(2)13-23(18)34-26)33-22-9-5-4-8-20(22)30-15-17-7-6-12-29-24(17)27/h4-9,12,15-16,21H,3,10-11,13H2,1-2H3,(H,31,32)/t16-,21-/m0/s1. The van der Waals surface area contributed by atoms with Gasteiger partial charge in [-0.15, -0.1) is 23.1 Å². The minimum atomic E-state index is -0.317. The first-order valence-corrected chi connectivity index (χ1v) is 13.3. The van der Waals surface area contributed by atoms with Gasteiger partial charge in [0.25, 0.3) is 0 Å². The van der Waals surface area contributed by atoms with E-state index in [0.29, 0.717) is 28.1 Å². The Balaban J connectivity index is 1.52. The van der Waals surface area contributed by atoms with Crippen LogP contribution >= 0.6 is 34.7 Å². The number of thioether (sulfide) groups is 1. The molecule has 0 saturated carbocycles. The van der Waals surface area contributed by atoms with Gasteiger partial charge in [0.2, 0.25) is 5.91 Å². The van der Waals surface area contributed by atoms with Crippen LogP contribution < -0.4 is 5.32 Å². The number of carbonyl (C=O) groups excluding carboxylic acids is 1. The third-order valence-corrected chi connectivity index (χ3v) is 8.71. The van der Waals surface area contributed by atoms with E-state index in [1.165, 1.54) is 16.6 Å². The molecule has 0 radical (unpaired) electrons. The summed E-state index contributed by atoms with van der Waals surface area (Å²) in [6, 6.07) is 13.7. The molecule has 0 unspecified atom stereocenters. The van der Waals surface area contributed by atoms with E-state index in [4.69, 9.17) is 11.6 Å². The molecule has 3 aromatic rings. The summed E-state index contributed by atoms with van der Waals surface area (Å²) in [6.45, 7) is 4.23. The molecule has 2 heterocycles. The number of pyridine rings is 1. The van der Waals surface area contributed by atoms with Crippen LogP contribution in [0.4, 0.5) is 10.7 Å². The zero-order chi connectivity index (χ0) is 24.1. The number of benzene rings is 1. The minimum absolute atomic E-state index is 0.0928. The fraction of sp³-hybridized carbons (Fsp3) is 0.308. The predicted molar refractivity (Wildman–Crippen MR) is 142 cm³/mol. The number of halogens is 1. The largest absolute Gasteiger partial charge is 0.316 e. The number of nitriles is 1. The predicted octanol–water partition coefficient (Wildman–Crippen LogP) is 7.05. The molecule has 8 heteroatoms. The molecule has 1 aliphatic carbocycles. The SMILES string of the molecule is CC[C@H](Sc1ccccc1N=Cc1cccnc1Cl)C(=O)Nc1sc2c(c1C#N)CC[C@H](C)C2. The topological polar surface area (TPSA) is 78.1 Å². The molecule has 174 valence electrons. The van der Waals surface area contributed by atoms with E-state index in [0.717, 1.165) is 41.0 Å². The maximum absolute atomic E-state index is 13.2.